The number of carbonyl (C=O) groups is 1. The molecule has 226 valence electrons. The van der Waals surface area contributed by atoms with Gasteiger partial charge in [-0.1, -0.05) is 29.7 Å². The number of azide groups is 1. The van der Waals surface area contributed by atoms with Crippen molar-refractivity contribution in [3.8, 4) is 5.75 Å². The number of H-pyrrole nitrogens is 1. The first-order chi connectivity index (χ1) is 20.0. The van der Waals surface area contributed by atoms with Gasteiger partial charge < -0.3 is 19.1 Å². The molecule has 0 radical (unpaired) electrons. The Labute approximate surface area is 238 Å². The molecule has 0 spiro atoms. The summed E-state index contributed by atoms with van der Waals surface area (Å²) in [6.45, 7) is 0.566. The van der Waals surface area contributed by atoms with Crippen LogP contribution in [0.15, 0.2) is 57.3 Å². The minimum atomic E-state index is -4.49. The molecule has 17 heteroatoms. The van der Waals surface area contributed by atoms with E-state index in [1.165, 1.54) is 19.1 Å². The van der Waals surface area contributed by atoms with Crippen LogP contribution in [-0.4, -0.2) is 62.8 Å². The Morgan fingerprint density at radius 2 is 2.02 bits per heavy atom. The number of aliphatic hydroxyl groups is 1. The van der Waals surface area contributed by atoms with Gasteiger partial charge in [0.15, 0.2) is 12.4 Å². The third-order valence-electron chi connectivity index (χ3n) is 7.71. The number of hydrogen-bond donors (Lipinski definition) is 3. The molecule has 2 aliphatic carbocycles. The van der Waals surface area contributed by atoms with Gasteiger partial charge in [-0.15, -0.1) is 0 Å². The fourth-order valence-electron chi connectivity index (χ4n) is 5.45. The lowest BCUT2D eigenvalue weighted by Gasteiger charge is -2.27. The maximum atomic E-state index is 15.7. The van der Waals surface area contributed by atoms with Gasteiger partial charge in [0.25, 0.3) is 5.56 Å². The van der Waals surface area contributed by atoms with Crippen LogP contribution < -0.4 is 20.9 Å². The Morgan fingerprint density at radius 3 is 2.69 bits per heavy atom. The quantitative estimate of drug-likeness (QED) is 0.112. The Bertz CT molecular complexity index is 1530. The number of esters is 1. The average molecular weight is 609 g/mol. The number of nitrogens with one attached hydrogen (secondary N) is 2. The van der Waals surface area contributed by atoms with Gasteiger partial charge in [-0.2, -0.15) is 5.09 Å². The summed E-state index contributed by atoms with van der Waals surface area (Å²) in [6, 6.07) is 6.14. The van der Waals surface area contributed by atoms with E-state index in [1.54, 1.807) is 18.2 Å². The SMILES string of the molecule is CC(NP(=O)(OC[C@@]12O[C@@H](n3ccc(=O)[nH]c3=O)[C@H](F)[C@@]1(O)C2N=[N+]=[N-])Oc1ccccc1)C(=O)OC1CCCCC1. The van der Waals surface area contributed by atoms with E-state index in [4.69, 9.17) is 24.1 Å². The first-order valence-electron chi connectivity index (χ1n) is 13.4. The van der Waals surface area contributed by atoms with Crippen LogP contribution in [0.4, 0.5) is 4.39 Å². The number of rotatable bonds is 11. The summed E-state index contributed by atoms with van der Waals surface area (Å²) in [4.78, 5) is 41.2. The molecule has 5 rings (SSSR count). The van der Waals surface area contributed by atoms with E-state index < -0.39 is 67.3 Å². The van der Waals surface area contributed by atoms with E-state index in [0.717, 1.165) is 44.4 Å². The van der Waals surface area contributed by atoms with Crippen molar-refractivity contribution in [3.63, 3.8) is 0 Å². The normalized spacial score (nSPS) is 30.8. The van der Waals surface area contributed by atoms with Crippen LogP contribution in [-0.2, 0) is 23.4 Å². The van der Waals surface area contributed by atoms with Crippen LogP contribution in [0.25, 0.3) is 10.4 Å². The number of para-hydroxylation sites is 1. The number of alkyl halides is 1. The van der Waals surface area contributed by atoms with E-state index >= 15 is 4.39 Å². The molecule has 1 aromatic carbocycles. The molecule has 7 atom stereocenters. The molecule has 1 aliphatic heterocycles. The number of carbonyl (C=O) groups excluding carboxylic acids is 1. The molecular formula is C25H30FN6O9P. The van der Waals surface area contributed by atoms with Crippen LogP contribution in [0.1, 0.15) is 45.3 Å². The molecule has 3 N–H and O–H groups in total. The average Bonchev–Trinajstić information content (AvgIpc) is 3.37. The molecule has 3 fully saturated rings. The standard InChI is InChI=1S/C25H30FN6O9P/c1-15(21(34)39-16-8-4-2-5-9-16)30-42(37,41-17-10-6-3-7-11-17)38-14-24-22(29-31-27)25(24,36)19(26)20(40-24)32-13-12-18(33)28-23(32)35/h3,6-7,10-13,15-16,19-20,22,36H,2,4-5,8-9,14H2,1H3,(H,30,37)(H,28,33,35)/t15?,19-,20+,22?,24-,25+,42?/m0/s1. The van der Waals surface area contributed by atoms with Crippen molar-refractivity contribution in [2.75, 3.05) is 6.61 Å². The fourth-order valence-corrected chi connectivity index (χ4v) is 6.97. The van der Waals surface area contributed by atoms with Crippen molar-refractivity contribution in [2.24, 2.45) is 5.11 Å². The van der Waals surface area contributed by atoms with Crippen LogP contribution >= 0.6 is 7.75 Å². The minimum Gasteiger partial charge on any atom is -0.461 e. The zero-order chi connectivity index (χ0) is 30.1. The van der Waals surface area contributed by atoms with Gasteiger partial charge in [-0.3, -0.25) is 23.7 Å². The third-order valence-corrected chi connectivity index (χ3v) is 9.33. The fraction of sp³-hybridized carbons (Fsp3) is 0.560. The molecular weight excluding hydrogens is 578 g/mol. The van der Waals surface area contributed by atoms with Crippen LogP contribution in [0.2, 0.25) is 0 Å². The predicted octanol–water partition coefficient (Wildman–Crippen LogP) is 2.62. The molecule has 2 saturated carbocycles. The number of aromatic amines is 1. The van der Waals surface area contributed by atoms with Crippen LogP contribution in [0.5, 0.6) is 5.75 Å². The largest absolute Gasteiger partial charge is 0.461 e. The molecule has 0 bridgehead atoms. The minimum absolute atomic E-state index is 0.102. The first-order valence-corrected chi connectivity index (χ1v) is 14.9. The summed E-state index contributed by atoms with van der Waals surface area (Å²) in [5.41, 5.74) is 2.70. The van der Waals surface area contributed by atoms with Crippen LogP contribution in [0.3, 0.4) is 0 Å². The Kier molecular flexibility index (Phi) is 8.30. The summed E-state index contributed by atoms with van der Waals surface area (Å²) < 4.78 is 52.9. The lowest BCUT2D eigenvalue weighted by Crippen LogP contribution is -2.39. The number of ether oxygens (including phenoxy) is 2. The molecule has 3 aliphatic rings. The van der Waals surface area contributed by atoms with Crippen molar-refractivity contribution in [2.45, 2.75) is 80.8 Å². The molecule has 42 heavy (non-hydrogen) atoms. The highest BCUT2D eigenvalue weighted by molar-refractivity contribution is 7.52. The molecule has 15 nitrogen and oxygen atoms in total. The van der Waals surface area contributed by atoms with Crippen molar-refractivity contribution >= 4 is 13.7 Å². The second kappa shape index (κ2) is 11.6. The highest BCUT2D eigenvalue weighted by Crippen LogP contribution is 2.66. The van der Waals surface area contributed by atoms with Crippen LogP contribution in [0, 0.1) is 0 Å². The second-order valence-corrected chi connectivity index (χ2v) is 12.2. The Balaban J connectivity index is 1.38. The first kappa shape index (κ1) is 30.0. The zero-order valence-electron chi connectivity index (χ0n) is 22.5. The van der Waals surface area contributed by atoms with Gasteiger partial charge >= 0.3 is 19.4 Å². The summed E-state index contributed by atoms with van der Waals surface area (Å²) >= 11 is 0. The summed E-state index contributed by atoms with van der Waals surface area (Å²) in [6.07, 6.45) is 0.986. The van der Waals surface area contributed by atoms with Gasteiger partial charge in [-0.25, -0.2) is 13.8 Å². The molecule has 1 aromatic heterocycles. The molecule has 2 aromatic rings. The third kappa shape index (κ3) is 5.49. The number of benzene rings is 1. The van der Waals surface area contributed by atoms with Crippen molar-refractivity contribution in [1.29, 1.82) is 0 Å². The molecule has 3 unspecified atom stereocenters. The summed E-state index contributed by atoms with van der Waals surface area (Å²) in [7, 11) is -4.49. The predicted molar refractivity (Wildman–Crippen MR) is 143 cm³/mol. The Hall–Kier alpha value is -3.52. The molecule has 0 amide bonds. The highest BCUT2D eigenvalue weighted by Gasteiger charge is 2.88. The summed E-state index contributed by atoms with van der Waals surface area (Å²) in [5.74, 6) is -0.585. The second-order valence-electron chi connectivity index (χ2n) is 10.5. The van der Waals surface area contributed by atoms with Gasteiger partial charge in [0, 0.05) is 17.2 Å². The highest BCUT2D eigenvalue weighted by atomic mass is 31.2. The monoisotopic (exact) mass is 608 g/mol. The maximum absolute atomic E-state index is 15.7. The van der Waals surface area contributed by atoms with Gasteiger partial charge in [0.1, 0.15) is 35.1 Å². The number of aromatic nitrogens is 2. The smallest absolute Gasteiger partial charge is 0.459 e. The van der Waals surface area contributed by atoms with Gasteiger partial charge in [0.05, 0.1) is 6.61 Å². The van der Waals surface area contributed by atoms with E-state index in [0.29, 0.717) is 4.57 Å². The van der Waals surface area contributed by atoms with Gasteiger partial charge in [0.2, 0.25) is 0 Å². The van der Waals surface area contributed by atoms with E-state index in [2.05, 4.69) is 15.1 Å². The van der Waals surface area contributed by atoms with Crippen molar-refractivity contribution < 1.29 is 37.4 Å². The van der Waals surface area contributed by atoms with Crippen molar-refractivity contribution in [1.82, 2.24) is 14.6 Å². The number of fused-ring (bicyclic) bond motifs is 1. The van der Waals surface area contributed by atoms with Crippen molar-refractivity contribution in [3.05, 3.63) is 73.9 Å². The lowest BCUT2D eigenvalue weighted by molar-refractivity contribution is -0.152. The topological polar surface area (TPSA) is 207 Å². The number of halogens is 1. The summed E-state index contributed by atoms with van der Waals surface area (Å²) in [5, 5.41) is 17.2. The molecule has 1 saturated heterocycles. The van der Waals surface area contributed by atoms with Gasteiger partial charge in [-0.05, 0) is 50.3 Å². The molecule has 2 heterocycles. The maximum Gasteiger partial charge on any atom is 0.459 e. The van der Waals surface area contributed by atoms with E-state index in [1.807, 2.05) is 4.98 Å². The number of hydrogen-bond acceptors (Lipinski definition) is 10. The number of nitrogens with zero attached hydrogens (tertiary/aromatic N) is 4. The lowest BCUT2D eigenvalue weighted by atomic mass is 9.98. The zero-order valence-corrected chi connectivity index (χ0v) is 23.4. The van der Waals surface area contributed by atoms with E-state index in [9.17, 15) is 24.1 Å². The van der Waals surface area contributed by atoms with E-state index in [-0.39, 0.29) is 11.9 Å². The Morgan fingerprint density at radius 1 is 1.31 bits per heavy atom.